The molecule has 0 bridgehead atoms. The van der Waals surface area contributed by atoms with Crippen LogP contribution in [0.4, 0.5) is 32.6 Å². The number of urea groups is 1. The average molecular weight is 403 g/mol. The number of nitrogens with zero attached hydrogens (tertiary/aromatic N) is 2. The SMILES string of the molecule is CCN(C[C@@H](O)C(F)(F)F)C(=O)Nc1ccc(Cc2cc(F)cc(F)c2)cn1. The van der Waals surface area contributed by atoms with Crippen molar-refractivity contribution >= 4 is 11.8 Å². The van der Waals surface area contributed by atoms with Gasteiger partial charge in [0.05, 0.1) is 6.54 Å². The number of pyridine rings is 1. The summed E-state index contributed by atoms with van der Waals surface area (Å²) in [6, 6.07) is 5.25. The van der Waals surface area contributed by atoms with Gasteiger partial charge in [-0.3, -0.25) is 5.32 Å². The topological polar surface area (TPSA) is 65.5 Å². The molecule has 1 aromatic carbocycles. The Morgan fingerprint density at radius 1 is 1.18 bits per heavy atom. The van der Waals surface area contributed by atoms with Gasteiger partial charge in [-0.25, -0.2) is 18.6 Å². The summed E-state index contributed by atoms with van der Waals surface area (Å²) in [4.78, 5) is 16.8. The summed E-state index contributed by atoms with van der Waals surface area (Å²) in [7, 11) is 0. The number of nitrogens with one attached hydrogen (secondary N) is 1. The molecule has 0 saturated heterocycles. The number of carbonyl (C=O) groups excluding carboxylic acids is 1. The summed E-state index contributed by atoms with van der Waals surface area (Å²) in [6.45, 7) is 0.508. The Kier molecular flexibility index (Phi) is 6.90. The van der Waals surface area contributed by atoms with Gasteiger partial charge in [-0.2, -0.15) is 13.2 Å². The molecule has 0 aliphatic rings. The van der Waals surface area contributed by atoms with E-state index in [0.717, 1.165) is 11.0 Å². The second kappa shape index (κ2) is 8.96. The number of aromatic nitrogens is 1. The first kappa shape index (κ1) is 21.5. The quantitative estimate of drug-likeness (QED) is 0.723. The van der Waals surface area contributed by atoms with Crippen molar-refractivity contribution in [3.05, 3.63) is 59.3 Å². The van der Waals surface area contributed by atoms with Crippen LogP contribution in [-0.4, -0.2) is 46.4 Å². The molecule has 152 valence electrons. The van der Waals surface area contributed by atoms with Crippen molar-refractivity contribution in [1.29, 1.82) is 0 Å². The molecule has 1 atom stereocenters. The summed E-state index contributed by atoms with van der Waals surface area (Å²) in [5.41, 5.74) is 1.01. The Labute approximate surface area is 157 Å². The number of halogens is 5. The normalized spacial score (nSPS) is 12.5. The van der Waals surface area contributed by atoms with E-state index in [1.54, 1.807) is 6.07 Å². The van der Waals surface area contributed by atoms with Crippen LogP contribution in [-0.2, 0) is 6.42 Å². The molecule has 0 radical (unpaired) electrons. The van der Waals surface area contributed by atoms with E-state index < -0.39 is 36.5 Å². The van der Waals surface area contributed by atoms with Gasteiger partial charge in [-0.1, -0.05) is 6.07 Å². The van der Waals surface area contributed by atoms with Crippen LogP contribution in [0, 0.1) is 11.6 Å². The fraction of sp³-hybridized carbons (Fsp3) is 0.333. The van der Waals surface area contributed by atoms with Crippen molar-refractivity contribution in [1.82, 2.24) is 9.88 Å². The molecule has 5 nitrogen and oxygen atoms in total. The predicted molar refractivity (Wildman–Crippen MR) is 91.7 cm³/mol. The molecule has 2 rings (SSSR count). The first-order valence-electron chi connectivity index (χ1n) is 8.29. The maximum absolute atomic E-state index is 13.2. The second-order valence-corrected chi connectivity index (χ2v) is 6.03. The van der Waals surface area contributed by atoms with Gasteiger partial charge in [0.25, 0.3) is 0 Å². The zero-order chi connectivity index (χ0) is 20.9. The molecule has 2 aromatic rings. The van der Waals surface area contributed by atoms with Gasteiger partial charge < -0.3 is 10.0 Å². The molecule has 0 saturated carbocycles. The van der Waals surface area contributed by atoms with E-state index in [4.69, 9.17) is 5.11 Å². The lowest BCUT2D eigenvalue weighted by Crippen LogP contribution is -2.45. The first-order chi connectivity index (χ1) is 13.1. The van der Waals surface area contributed by atoms with Gasteiger partial charge >= 0.3 is 12.2 Å². The Hall–Kier alpha value is -2.75. The third kappa shape index (κ3) is 6.15. The predicted octanol–water partition coefficient (Wildman–Crippen LogP) is 3.73. The highest BCUT2D eigenvalue weighted by molar-refractivity contribution is 5.88. The first-order valence-corrected chi connectivity index (χ1v) is 8.29. The zero-order valence-electron chi connectivity index (χ0n) is 14.8. The van der Waals surface area contributed by atoms with E-state index in [1.165, 1.54) is 31.3 Å². The average Bonchev–Trinajstić information content (AvgIpc) is 2.59. The maximum Gasteiger partial charge on any atom is 0.416 e. The minimum atomic E-state index is -4.83. The largest absolute Gasteiger partial charge is 0.416 e. The summed E-state index contributed by atoms with van der Waals surface area (Å²) in [6.07, 6.45) is -5.90. The van der Waals surface area contributed by atoms with Crippen molar-refractivity contribution in [3.8, 4) is 0 Å². The molecule has 1 heterocycles. The number of benzene rings is 1. The van der Waals surface area contributed by atoms with Gasteiger partial charge in [0.1, 0.15) is 17.5 Å². The highest BCUT2D eigenvalue weighted by Gasteiger charge is 2.39. The van der Waals surface area contributed by atoms with Gasteiger partial charge in [-0.15, -0.1) is 0 Å². The van der Waals surface area contributed by atoms with Gasteiger partial charge in [-0.05, 0) is 42.7 Å². The van der Waals surface area contributed by atoms with E-state index in [2.05, 4.69) is 10.3 Å². The number of aliphatic hydroxyl groups is 1. The lowest BCUT2D eigenvalue weighted by molar-refractivity contribution is -0.206. The van der Waals surface area contributed by atoms with Crippen molar-refractivity contribution in [2.45, 2.75) is 25.6 Å². The van der Waals surface area contributed by atoms with E-state index in [-0.39, 0.29) is 18.8 Å². The molecule has 0 spiro atoms. The Bertz CT molecular complexity index is 792. The van der Waals surface area contributed by atoms with Crippen molar-refractivity contribution < 1.29 is 31.9 Å². The maximum atomic E-state index is 13.2. The fourth-order valence-corrected chi connectivity index (χ4v) is 2.41. The van der Waals surface area contributed by atoms with Crippen molar-refractivity contribution in [2.24, 2.45) is 0 Å². The fourth-order valence-electron chi connectivity index (χ4n) is 2.41. The van der Waals surface area contributed by atoms with Crippen LogP contribution in [0.25, 0.3) is 0 Å². The highest BCUT2D eigenvalue weighted by Crippen LogP contribution is 2.21. The number of alkyl halides is 3. The molecular formula is C18H18F5N3O2. The molecule has 10 heteroatoms. The number of rotatable bonds is 6. The van der Waals surface area contributed by atoms with Crippen LogP contribution in [0.5, 0.6) is 0 Å². The second-order valence-electron chi connectivity index (χ2n) is 6.03. The smallest absolute Gasteiger partial charge is 0.382 e. The molecule has 0 aliphatic carbocycles. The molecule has 0 unspecified atom stereocenters. The van der Waals surface area contributed by atoms with Gasteiger partial charge in [0, 0.05) is 18.8 Å². The van der Waals surface area contributed by atoms with Crippen LogP contribution >= 0.6 is 0 Å². The number of amides is 2. The molecule has 2 N–H and O–H groups in total. The summed E-state index contributed by atoms with van der Waals surface area (Å²) in [5, 5.41) is 11.4. The van der Waals surface area contributed by atoms with Crippen molar-refractivity contribution in [3.63, 3.8) is 0 Å². The molecular weight excluding hydrogens is 385 g/mol. The Morgan fingerprint density at radius 3 is 2.32 bits per heavy atom. The number of hydrogen-bond donors (Lipinski definition) is 2. The lowest BCUT2D eigenvalue weighted by Gasteiger charge is -2.25. The molecule has 0 fully saturated rings. The number of anilines is 1. The van der Waals surface area contributed by atoms with E-state index in [0.29, 0.717) is 11.1 Å². The summed E-state index contributed by atoms with van der Waals surface area (Å²) in [5.74, 6) is -1.32. The van der Waals surface area contributed by atoms with E-state index in [1.807, 2.05) is 0 Å². The molecule has 28 heavy (non-hydrogen) atoms. The van der Waals surface area contributed by atoms with Crippen LogP contribution < -0.4 is 5.32 Å². The lowest BCUT2D eigenvalue weighted by atomic mass is 10.1. The summed E-state index contributed by atoms with van der Waals surface area (Å²) < 4.78 is 63.8. The van der Waals surface area contributed by atoms with Crippen LogP contribution in [0.2, 0.25) is 0 Å². The van der Waals surface area contributed by atoms with E-state index in [9.17, 15) is 26.7 Å². The Balaban J connectivity index is 1.99. The molecule has 2 amide bonds. The number of carbonyl (C=O) groups is 1. The van der Waals surface area contributed by atoms with E-state index >= 15 is 0 Å². The summed E-state index contributed by atoms with van der Waals surface area (Å²) >= 11 is 0. The van der Waals surface area contributed by atoms with Crippen LogP contribution in [0.3, 0.4) is 0 Å². The van der Waals surface area contributed by atoms with Crippen LogP contribution in [0.1, 0.15) is 18.1 Å². The highest BCUT2D eigenvalue weighted by atomic mass is 19.4. The number of likely N-dealkylation sites (N-methyl/N-ethyl adjacent to an activating group) is 1. The third-order valence-electron chi connectivity index (χ3n) is 3.83. The monoisotopic (exact) mass is 403 g/mol. The minimum absolute atomic E-state index is 0.0534. The standard InChI is InChI=1S/C18H18F5N3O2/c1-2-26(10-15(27)18(21,22)23)17(28)25-16-4-3-11(9-24-16)5-12-6-13(19)8-14(20)7-12/h3-4,6-9,15,27H,2,5,10H2,1H3,(H,24,25,28)/t15-/m1/s1. The third-order valence-corrected chi connectivity index (χ3v) is 3.83. The van der Waals surface area contributed by atoms with Crippen molar-refractivity contribution in [2.75, 3.05) is 18.4 Å². The molecule has 1 aromatic heterocycles. The Morgan fingerprint density at radius 2 is 1.82 bits per heavy atom. The van der Waals surface area contributed by atoms with Gasteiger partial charge in [0.15, 0.2) is 6.10 Å². The van der Waals surface area contributed by atoms with Gasteiger partial charge in [0.2, 0.25) is 0 Å². The molecule has 0 aliphatic heterocycles. The van der Waals surface area contributed by atoms with Crippen LogP contribution in [0.15, 0.2) is 36.5 Å². The number of aliphatic hydroxyl groups excluding tert-OH is 1. The minimum Gasteiger partial charge on any atom is -0.382 e. The number of hydrogen-bond acceptors (Lipinski definition) is 3. The zero-order valence-corrected chi connectivity index (χ0v) is 14.8.